The molecule has 3 N–H and O–H groups in total. The van der Waals surface area contributed by atoms with E-state index in [0.717, 1.165) is 0 Å². The average molecular weight is 284 g/mol. The first kappa shape index (κ1) is 16.4. The molecule has 20 heavy (non-hydrogen) atoms. The van der Waals surface area contributed by atoms with Gasteiger partial charge in [0.05, 0.1) is 6.61 Å². The van der Waals surface area contributed by atoms with Gasteiger partial charge in [0.2, 0.25) is 0 Å². The molecule has 6 heteroatoms. The Kier molecular flexibility index (Phi) is 6.41. The van der Waals surface area contributed by atoms with Crippen LogP contribution < -0.4 is 15.8 Å². The van der Waals surface area contributed by atoms with Crippen LogP contribution in [0.3, 0.4) is 0 Å². The maximum atomic E-state index is 13.7. The number of carbonyl (C=O) groups excluding carboxylic acids is 1. The van der Waals surface area contributed by atoms with Gasteiger partial charge in [0.25, 0.3) is 5.91 Å². The van der Waals surface area contributed by atoms with E-state index in [1.807, 2.05) is 0 Å². The molecule has 2 atom stereocenters. The van der Waals surface area contributed by atoms with Crippen molar-refractivity contribution in [1.29, 1.82) is 0 Å². The lowest BCUT2D eigenvalue weighted by molar-refractivity contribution is -0.124. The van der Waals surface area contributed by atoms with Gasteiger partial charge in [-0.2, -0.15) is 0 Å². The third-order valence-electron chi connectivity index (χ3n) is 2.66. The van der Waals surface area contributed by atoms with E-state index in [1.165, 1.54) is 12.1 Å². The van der Waals surface area contributed by atoms with Gasteiger partial charge in [-0.25, -0.2) is 4.39 Å². The van der Waals surface area contributed by atoms with Crippen LogP contribution in [0.2, 0.25) is 0 Å². The molecular formula is C14H21FN2O3. The Bertz CT molecular complexity index is 452. The zero-order valence-corrected chi connectivity index (χ0v) is 12.0. The summed E-state index contributed by atoms with van der Waals surface area (Å²) >= 11 is 0. The largest absolute Gasteiger partial charge is 0.481 e. The summed E-state index contributed by atoms with van der Waals surface area (Å²) in [5, 5.41) is 2.67. The van der Waals surface area contributed by atoms with Gasteiger partial charge in [-0.15, -0.1) is 0 Å². The molecule has 0 aliphatic carbocycles. The summed E-state index contributed by atoms with van der Waals surface area (Å²) in [6.07, 6.45) is 0. The summed E-state index contributed by atoms with van der Waals surface area (Å²) in [6, 6.07) is 4.08. The van der Waals surface area contributed by atoms with Crippen LogP contribution in [0.25, 0.3) is 0 Å². The molecule has 1 rings (SSSR count). The van der Waals surface area contributed by atoms with Crippen molar-refractivity contribution >= 4 is 5.91 Å². The molecule has 1 aromatic rings. The number of rotatable bonds is 7. The lowest BCUT2D eigenvalue weighted by atomic mass is 10.1. The van der Waals surface area contributed by atoms with Crippen molar-refractivity contribution in [2.45, 2.75) is 25.9 Å². The van der Waals surface area contributed by atoms with Crippen molar-refractivity contribution in [3.8, 4) is 5.75 Å². The van der Waals surface area contributed by atoms with Crippen LogP contribution in [0, 0.1) is 5.82 Å². The van der Waals surface area contributed by atoms with E-state index in [-0.39, 0.29) is 30.3 Å². The molecular weight excluding hydrogens is 263 g/mol. The quantitative estimate of drug-likeness (QED) is 0.793. The van der Waals surface area contributed by atoms with Crippen LogP contribution in [0.4, 0.5) is 4.39 Å². The van der Waals surface area contributed by atoms with Crippen LogP contribution in [0.1, 0.15) is 25.5 Å². The zero-order valence-electron chi connectivity index (χ0n) is 12.0. The number of nitrogens with one attached hydrogen (secondary N) is 1. The normalized spacial score (nSPS) is 13.7. The maximum Gasteiger partial charge on any atom is 0.258 e. The minimum Gasteiger partial charge on any atom is -0.481 e. The monoisotopic (exact) mass is 284 g/mol. The van der Waals surface area contributed by atoms with Crippen LogP contribution in [0.5, 0.6) is 5.75 Å². The predicted molar refractivity (Wildman–Crippen MR) is 74.0 cm³/mol. The number of methoxy groups -OCH3 is 1. The van der Waals surface area contributed by atoms with E-state index in [4.69, 9.17) is 15.2 Å². The Morgan fingerprint density at radius 2 is 2.15 bits per heavy atom. The van der Waals surface area contributed by atoms with Gasteiger partial charge in [0, 0.05) is 19.2 Å². The van der Waals surface area contributed by atoms with Gasteiger partial charge in [-0.3, -0.25) is 4.79 Å². The molecule has 5 nitrogen and oxygen atoms in total. The maximum absolute atomic E-state index is 13.7. The highest BCUT2D eigenvalue weighted by Crippen LogP contribution is 2.20. The molecule has 0 bridgehead atoms. The molecule has 0 saturated heterocycles. The van der Waals surface area contributed by atoms with Gasteiger partial charge in [-0.05, 0) is 31.5 Å². The second kappa shape index (κ2) is 7.81. The van der Waals surface area contributed by atoms with E-state index in [9.17, 15) is 9.18 Å². The fourth-order valence-electron chi connectivity index (χ4n) is 1.67. The minimum atomic E-state index is -0.530. The van der Waals surface area contributed by atoms with E-state index in [0.29, 0.717) is 12.2 Å². The second-order valence-corrected chi connectivity index (χ2v) is 4.69. The summed E-state index contributed by atoms with van der Waals surface area (Å²) in [4.78, 5) is 11.6. The lowest BCUT2D eigenvalue weighted by Crippen LogP contribution is -2.38. The third kappa shape index (κ3) is 5.14. The minimum absolute atomic E-state index is 0.0314. The van der Waals surface area contributed by atoms with Crippen molar-refractivity contribution in [3.63, 3.8) is 0 Å². The first-order valence-corrected chi connectivity index (χ1v) is 6.40. The first-order valence-electron chi connectivity index (χ1n) is 6.40. The highest BCUT2D eigenvalue weighted by Gasteiger charge is 2.11. The fraction of sp³-hybridized carbons (Fsp3) is 0.500. The van der Waals surface area contributed by atoms with Crippen LogP contribution >= 0.6 is 0 Å². The SMILES string of the molecule is COCC(C)NC(=O)COc1ccc([C@@H](C)N)cc1F. The molecule has 1 amide bonds. The average Bonchev–Trinajstić information content (AvgIpc) is 2.37. The molecule has 1 aromatic carbocycles. The van der Waals surface area contributed by atoms with Gasteiger partial charge < -0.3 is 20.5 Å². The predicted octanol–water partition coefficient (Wildman–Crippen LogP) is 1.38. The van der Waals surface area contributed by atoms with E-state index in [1.54, 1.807) is 27.0 Å². The first-order chi connectivity index (χ1) is 9.43. The standard InChI is InChI=1S/C14H21FN2O3/c1-9(7-19-3)17-14(18)8-20-13-5-4-11(10(2)16)6-12(13)15/h4-6,9-10H,7-8,16H2,1-3H3,(H,17,18)/t9?,10-/m1/s1. The van der Waals surface area contributed by atoms with E-state index in [2.05, 4.69) is 5.32 Å². The molecule has 0 aliphatic rings. The zero-order chi connectivity index (χ0) is 15.1. The van der Waals surface area contributed by atoms with Crippen molar-refractivity contribution in [1.82, 2.24) is 5.32 Å². The topological polar surface area (TPSA) is 73.6 Å². The van der Waals surface area contributed by atoms with Crippen molar-refractivity contribution in [2.24, 2.45) is 5.73 Å². The van der Waals surface area contributed by atoms with E-state index < -0.39 is 5.82 Å². The molecule has 0 radical (unpaired) electrons. The van der Waals surface area contributed by atoms with Crippen LogP contribution in [0.15, 0.2) is 18.2 Å². The highest BCUT2D eigenvalue weighted by atomic mass is 19.1. The van der Waals surface area contributed by atoms with E-state index >= 15 is 0 Å². The Morgan fingerprint density at radius 1 is 1.45 bits per heavy atom. The number of amides is 1. The van der Waals surface area contributed by atoms with Crippen molar-refractivity contribution in [3.05, 3.63) is 29.6 Å². The number of hydrogen-bond acceptors (Lipinski definition) is 4. The Morgan fingerprint density at radius 3 is 2.70 bits per heavy atom. The molecule has 0 aromatic heterocycles. The van der Waals surface area contributed by atoms with Crippen LogP contribution in [-0.2, 0) is 9.53 Å². The molecule has 0 spiro atoms. The summed E-state index contributed by atoms with van der Waals surface area (Å²) in [5.74, 6) is -0.827. The highest BCUT2D eigenvalue weighted by molar-refractivity contribution is 5.77. The molecule has 112 valence electrons. The third-order valence-corrected chi connectivity index (χ3v) is 2.66. The number of carbonyl (C=O) groups is 1. The molecule has 0 fully saturated rings. The van der Waals surface area contributed by atoms with Crippen molar-refractivity contribution < 1.29 is 18.7 Å². The summed E-state index contributed by atoms with van der Waals surface area (Å²) < 4.78 is 23.8. The molecule has 1 unspecified atom stereocenters. The molecule has 0 saturated carbocycles. The van der Waals surface area contributed by atoms with Gasteiger partial charge in [-0.1, -0.05) is 6.07 Å². The smallest absolute Gasteiger partial charge is 0.258 e. The summed E-state index contributed by atoms with van der Waals surface area (Å²) in [6.45, 7) is 3.73. The van der Waals surface area contributed by atoms with Gasteiger partial charge >= 0.3 is 0 Å². The Balaban J connectivity index is 2.51. The number of hydrogen-bond donors (Lipinski definition) is 2. The summed E-state index contributed by atoms with van der Waals surface area (Å²) in [5.41, 5.74) is 6.33. The van der Waals surface area contributed by atoms with Crippen molar-refractivity contribution in [2.75, 3.05) is 20.3 Å². The lowest BCUT2D eigenvalue weighted by Gasteiger charge is -2.14. The number of nitrogens with two attached hydrogens (primary N) is 1. The Labute approximate surface area is 118 Å². The second-order valence-electron chi connectivity index (χ2n) is 4.69. The molecule has 0 aliphatic heterocycles. The fourth-order valence-corrected chi connectivity index (χ4v) is 1.67. The Hall–Kier alpha value is -1.66. The van der Waals surface area contributed by atoms with Gasteiger partial charge in [0.1, 0.15) is 0 Å². The summed E-state index contributed by atoms with van der Waals surface area (Å²) in [7, 11) is 1.55. The molecule has 0 heterocycles. The number of halogens is 1. The van der Waals surface area contributed by atoms with Crippen LogP contribution in [-0.4, -0.2) is 32.3 Å². The number of benzene rings is 1. The number of ether oxygens (including phenoxy) is 2. The van der Waals surface area contributed by atoms with Gasteiger partial charge in [0.15, 0.2) is 18.2 Å².